The Hall–Kier alpha value is -0.340. The van der Waals surface area contributed by atoms with Gasteiger partial charge in [-0.2, -0.15) is 0 Å². The van der Waals surface area contributed by atoms with E-state index in [1.54, 1.807) is 38.5 Å². The van der Waals surface area contributed by atoms with Crippen LogP contribution in [0.2, 0.25) is 0 Å². The summed E-state index contributed by atoms with van der Waals surface area (Å²) in [7, 11) is 0. The Bertz CT molecular complexity index is 317. The van der Waals surface area contributed by atoms with E-state index in [2.05, 4.69) is 19.6 Å². The third-order valence-electron chi connectivity index (χ3n) is 7.36. The number of hydrogen-bond donors (Lipinski definition) is 0. The molecule has 4 N–H and O–H groups in total. The van der Waals surface area contributed by atoms with Crippen molar-refractivity contribution in [3.8, 4) is 0 Å². The molecule has 0 bridgehead atoms. The van der Waals surface area contributed by atoms with Gasteiger partial charge in [-0.1, -0.05) is 25.8 Å². The molecule has 3 fully saturated rings. The summed E-state index contributed by atoms with van der Waals surface area (Å²) in [6.07, 6.45) is 20.4. The molecule has 3 rings (SSSR count). The van der Waals surface area contributed by atoms with E-state index in [4.69, 9.17) is 0 Å². The highest BCUT2D eigenvalue weighted by Gasteiger charge is 2.33. The molecule has 0 saturated heterocycles. The third kappa shape index (κ3) is 5.32. The minimum Gasteiger partial charge on any atom is -0.412 e. The number of rotatable bonds is 3. The first kappa shape index (κ1) is 20.7. The van der Waals surface area contributed by atoms with E-state index >= 15 is 0 Å². The van der Waals surface area contributed by atoms with Gasteiger partial charge >= 0.3 is 0 Å². The molecule has 0 aromatic heterocycles. The van der Waals surface area contributed by atoms with Crippen molar-refractivity contribution in [1.29, 1.82) is 0 Å². The van der Waals surface area contributed by atoms with Crippen LogP contribution in [0.1, 0.15) is 84.0 Å². The van der Waals surface area contributed by atoms with Crippen LogP contribution in [0.5, 0.6) is 0 Å². The smallest absolute Gasteiger partial charge is 0.0236 e. The average Bonchev–Trinajstić information content (AvgIpc) is 2.56. The number of hydrogen-bond acceptors (Lipinski definition) is 0. The fourth-order valence-corrected chi connectivity index (χ4v) is 5.70. The first-order valence-electron chi connectivity index (χ1n) is 9.88. The van der Waals surface area contributed by atoms with Crippen molar-refractivity contribution in [3.63, 3.8) is 0 Å². The Morgan fingerprint density at radius 1 is 0.565 bits per heavy atom. The molecule has 0 spiro atoms. The van der Waals surface area contributed by atoms with Crippen molar-refractivity contribution in [2.45, 2.75) is 84.0 Å². The van der Waals surface area contributed by atoms with Crippen molar-refractivity contribution in [3.05, 3.63) is 12.7 Å². The van der Waals surface area contributed by atoms with Gasteiger partial charge in [-0.05, 0) is 99.7 Å². The minimum atomic E-state index is 0. The zero-order valence-electron chi connectivity index (χ0n) is 15.2. The summed E-state index contributed by atoms with van der Waals surface area (Å²) in [4.78, 5) is 0. The maximum Gasteiger partial charge on any atom is -0.0236 e. The largest absolute Gasteiger partial charge is 0.412 e. The fraction of sp³-hybridized carbons (Fsp3) is 0.905. The van der Waals surface area contributed by atoms with Gasteiger partial charge in [0.05, 0.1) is 0 Å². The second kappa shape index (κ2) is 9.84. The second-order valence-corrected chi connectivity index (χ2v) is 8.61. The molecular formula is C21H40O2. The lowest BCUT2D eigenvalue weighted by atomic mass is 9.65. The van der Waals surface area contributed by atoms with Gasteiger partial charge < -0.3 is 11.0 Å². The SMILES string of the molecule is C=CC1CCC(C2CCC(C3CCC(C)CC3)CC2)CC1.O.O. The van der Waals surface area contributed by atoms with E-state index in [-0.39, 0.29) is 11.0 Å². The maximum atomic E-state index is 3.99. The van der Waals surface area contributed by atoms with E-state index in [1.165, 1.54) is 38.5 Å². The van der Waals surface area contributed by atoms with Crippen LogP contribution < -0.4 is 0 Å². The predicted molar refractivity (Wildman–Crippen MR) is 99.4 cm³/mol. The standard InChI is InChI=1S/C21H36.2H2O/c1-3-17-6-10-19(11-7-17)21-14-12-20(13-15-21)18-8-4-16(2)5-9-18;;/h3,16-21H,1,4-15H2,2H3;2*1H2. The Kier molecular flexibility index (Phi) is 8.85. The van der Waals surface area contributed by atoms with E-state index < -0.39 is 0 Å². The molecule has 3 aliphatic rings. The summed E-state index contributed by atoms with van der Waals surface area (Å²) in [5.74, 6) is 6.18. The highest BCUT2D eigenvalue weighted by atomic mass is 16.0. The van der Waals surface area contributed by atoms with Gasteiger partial charge in [0.15, 0.2) is 0 Å². The molecule has 2 nitrogen and oxygen atoms in total. The molecule has 3 aliphatic carbocycles. The van der Waals surface area contributed by atoms with Crippen molar-refractivity contribution in [1.82, 2.24) is 0 Å². The average molecular weight is 325 g/mol. The second-order valence-electron chi connectivity index (χ2n) is 8.61. The Morgan fingerprint density at radius 3 is 1.22 bits per heavy atom. The Morgan fingerprint density at radius 2 is 0.870 bits per heavy atom. The lowest BCUT2D eigenvalue weighted by Crippen LogP contribution is -2.29. The zero-order chi connectivity index (χ0) is 14.7. The van der Waals surface area contributed by atoms with E-state index in [1.807, 2.05) is 0 Å². The van der Waals surface area contributed by atoms with Crippen LogP contribution in [0.15, 0.2) is 12.7 Å². The molecule has 0 aromatic carbocycles. The lowest BCUT2D eigenvalue weighted by Gasteiger charge is -2.41. The molecule has 23 heavy (non-hydrogen) atoms. The summed E-state index contributed by atoms with van der Waals surface area (Å²) in [5, 5.41) is 0. The van der Waals surface area contributed by atoms with Gasteiger partial charge in [-0.25, -0.2) is 0 Å². The normalized spacial score (nSPS) is 41.3. The molecule has 0 aliphatic heterocycles. The van der Waals surface area contributed by atoms with Crippen LogP contribution in [0.3, 0.4) is 0 Å². The Balaban J connectivity index is 0.00000132. The predicted octanol–water partition coefficient (Wildman–Crippen LogP) is 4.96. The maximum absolute atomic E-state index is 3.99. The van der Waals surface area contributed by atoms with Crippen LogP contribution >= 0.6 is 0 Å². The minimum absolute atomic E-state index is 0. The molecule has 0 heterocycles. The molecule has 0 atom stereocenters. The quantitative estimate of drug-likeness (QED) is 0.659. The summed E-state index contributed by atoms with van der Waals surface area (Å²) >= 11 is 0. The topological polar surface area (TPSA) is 63.0 Å². The molecular weight excluding hydrogens is 284 g/mol. The number of allylic oxidation sites excluding steroid dienone is 1. The van der Waals surface area contributed by atoms with Crippen molar-refractivity contribution in [2.24, 2.45) is 35.5 Å². The summed E-state index contributed by atoms with van der Waals surface area (Å²) in [6.45, 7) is 6.44. The van der Waals surface area contributed by atoms with Gasteiger partial charge in [-0.15, -0.1) is 6.58 Å². The monoisotopic (exact) mass is 324 g/mol. The van der Waals surface area contributed by atoms with Gasteiger partial charge in [0.2, 0.25) is 0 Å². The first-order chi connectivity index (χ1) is 10.3. The van der Waals surface area contributed by atoms with Crippen molar-refractivity contribution < 1.29 is 11.0 Å². The van der Waals surface area contributed by atoms with Gasteiger partial charge in [0.25, 0.3) is 0 Å². The van der Waals surface area contributed by atoms with Crippen LogP contribution in [0.25, 0.3) is 0 Å². The fourth-order valence-electron chi connectivity index (χ4n) is 5.70. The summed E-state index contributed by atoms with van der Waals surface area (Å²) in [5.41, 5.74) is 0. The zero-order valence-corrected chi connectivity index (χ0v) is 15.2. The van der Waals surface area contributed by atoms with E-state index in [0.717, 1.165) is 35.5 Å². The molecule has 2 heteroatoms. The Labute approximate surface area is 143 Å². The van der Waals surface area contributed by atoms with Crippen molar-refractivity contribution in [2.75, 3.05) is 0 Å². The van der Waals surface area contributed by atoms with Crippen LogP contribution in [-0.2, 0) is 0 Å². The van der Waals surface area contributed by atoms with Gasteiger partial charge in [0.1, 0.15) is 0 Å². The summed E-state index contributed by atoms with van der Waals surface area (Å²) < 4.78 is 0. The highest BCUT2D eigenvalue weighted by molar-refractivity contribution is 4.88. The van der Waals surface area contributed by atoms with Crippen LogP contribution in [0.4, 0.5) is 0 Å². The van der Waals surface area contributed by atoms with Gasteiger partial charge in [0, 0.05) is 0 Å². The van der Waals surface area contributed by atoms with Crippen LogP contribution in [-0.4, -0.2) is 11.0 Å². The molecule has 0 radical (unpaired) electrons. The van der Waals surface area contributed by atoms with Crippen molar-refractivity contribution >= 4 is 0 Å². The van der Waals surface area contributed by atoms with Gasteiger partial charge in [-0.3, -0.25) is 0 Å². The molecule has 0 aromatic rings. The molecule has 3 saturated carbocycles. The molecule has 136 valence electrons. The summed E-state index contributed by atoms with van der Waals surface area (Å²) in [6, 6.07) is 0. The molecule has 0 unspecified atom stereocenters. The van der Waals surface area contributed by atoms with Crippen LogP contribution in [0, 0.1) is 35.5 Å². The lowest BCUT2D eigenvalue weighted by molar-refractivity contribution is 0.110. The highest BCUT2D eigenvalue weighted by Crippen LogP contribution is 2.45. The van der Waals surface area contributed by atoms with E-state index in [0.29, 0.717) is 0 Å². The first-order valence-corrected chi connectivity index (χ1v) is 9.88. The van der Waals surface area contributed by atoms with E-state index in [9.17, 15) is 0 Å². The molecule has 0 amide bonds. The third-order valence-corrected chi connectivity index (χ3v) is 7.36.